The fourth-order valence-corrected chi connectivity index (χ4v) is 2.72. The van der Waals surface area contributed by atoms with Crippen LogP contribution >= 0.6 is 23.2 Å². The third kappa shape index (κ3) is 5.37. The van der Waals surface area contributed by atoms with Crippen molar-refractivity contribution in [1.82, 2.24) is 5.32 Å². The minimum Gasteiger partial charge on any atom is -0.495 e. The van der Waals surface area contributed by atoms with Gasteiger partial charge in [0.25, 0.3) is 0 Å². The highest BCUT2D eigenvalue weighted by molar-refractivity contribution is 6.39. The van der Waals surface area contributed by atoms with Crippen LogP contribution < -0.4 is 15.4 Å². The number of nitrogens with one attached hydrogen (secondary N) is 2. The Morgan fingerprint density at radius 1 is 1.08 bits per heavy atom. The number of rotatable bonds is 5. The number of halogens is 2. The molecule has 0 spiro atoms. The van der Waals surface area contributed by atoms with Crippen LogP contribution in [0.25, 0.3) is 0 Å². The summed E-state index contributed by atoms with van der Waals surface area (Å²) in [7, 11) is 1.50. The molecule has 0 radical (unpaired) electrons. The van der Waals surface area contributed by atoms with Gasteiger partial charge in [0.1, 0.15) is 5.75 Å². The van der Waals surface area contributed by atoms with Gasteiger partial charge in [0, 0.05) is 16.6 Å². The van der Waals surface area contributed by atoms with Crippen molar-refractivity contribution in [1.29, 1.82) is 0 Å². The highest BCUT2D eigenvalue weighted by atomic mass is 35.5. The molecule has 0 bridgehead atoms. The molecule has 2 amide bonds. The molecule has 0 aliphatic heterocycles. The van der Waals surface area contributed by atoms with Crippen molar-refractivity contribution in [2.45, 2.75) is 13.3 Å². The molecule has 2 aromatic carbocycles. The van der Waals surface area contributed by atoms with Gasteiger partial charge in [-0.1, -0.05) is 35.3 Å². The minimum absolute atomic E-state index is 0.276. The van der Waals surface area contributed by atoms with E-state index in [4.69, 9.17) is 27.9 Å². The Labute approximate surface area is 156 Å². The van der Waals surface area contributed by atoms with Crippen molar-refractivity contribution in [2.24, 2.45) is 0 Å². The highest BCUT2D eigenvalue weighted by Gasteiger charge is 2.15. The number of hydrogen-bond acceptors (Lipinski definition) is 3. The molecule has 132 valence electrons. The molecule has 7 heteroatoms. The Balaban J connectivity index is 1.90. The molecule has 0 fully saturated rings. The second kappa shape index (κ2) is 8.74. The highest BCUT2D eigenvalue weighted by Crippen LogP contribution is 2.25. The monoisotopic (exact) mass is 380 g/mol. The Hall–Kier alpha value is -2.24. The van der Waals surface area contributed by atoms with Crippen molar-refractivity contribution in [3.63, 3.8) is 0 Å². The molecule has 0 aromatic heterocycles. The average Bonchev–Trinajstić information content (AvgIpc) is 2.57. The zero-order valence-electron chi connectivity index (χ0n) is 13.9. The van der Waals surface area contributed by atoms with E-state index < -0.39 is 11.8 Å². The van der Waals surface area contributed by atoms with E-state index in [1.165, 1.54) is 7.11 Å². The fourth-order valence-electron chi connectivity index (χ4n) is 2.21. The molecule has 0 aliphatic rings. The van der Waals surface area contributed by atoms with Gasteiger partial charge in [-0.3, -0.25) is 9.59 Å². The maximum Gasteiger partial charge on any atom is 0.313 e. The Morgan fingerprint density at radius 3 is 2.52 bits per heavy atom. The smallest absolute Gasteiger partial charge is 0.313 e. The predicted octanol–water partition coefficient (Wildman–Crippen LogP) is 3.61. The number of hydrogen-bond donors (Lipinski definition) is 2. The summed E-state index contributed by atoms with van der Waals surface area (Å²) >= 11 is 11.9. The van der Waals surface area contributed by atoms with E-state index in [0.29, 0.717) is 27.9 Å². The summed E-state index contributed by atoms with van der Waals surface area (Å²) in [6.07, 6.45) is 0.489. The lowest BCUT2D eigenvalue weighted by Gasteiger charge is -2.11. The van der Waals surface area contributed by atoms with Crippen LogP contribution in [0.2, 0.25) is 10.0 Å². The summed E-state index contributed by atoms with van der Waals surface area (Å²) in [5.74, 6) is -1.00. The molecule has 0 heterocycles. The molecule has 25 heavy (non-hydrogen) atoms. The van der Waals surface area contributed by atoms with E-state index in [1.54, 1.807) is 30.3 Å². The van der Waals surface area contributed by atoms with Crippen LogP contribution in [0.1, 0.15) is 11.1 Å². The molecular formula is C18H18Cl2N2O3. The quantitative estimate of drug-likeness (QED) is 0.778. The minimum atomic E-state index is -0.758. The van der Waals surface area contributed by atoms with Crippen LogP contribution in [-0.4, -0.2) is 25.5 Å². The molecular weight excluding hydrogens is 363 g/mol. The number of benzene rings is 2. The van der Waals surface area contributed by atoms with Crippen LogP contribution in [0.4, 0.5) is 5.69 Å². The van der Waals surface area contributed by atoms with Gasteiger partial charge in [0.2, 0.25) is 0 Å². The van der Waals surface area contributed by atoms with E-state index in [2.05, 4.69) is 10.6 Å². The molecule has 2 N–H and O–H groups in total. The summed E-state index contributed by atoms with van der Waals surface area (Å²) < 4.78 is 5.17. The number of aryl methyl sites for hydroxylation is 1. The molecule has 0 saturated carbocycles. The van der Waals surface area contributed by atoms with Gasteiger partial charge in [-0.05, 0) is 48.7 Å². The Kier molecular flexibility index (Phi) is 6.67. The van der Waals surface area contributed by atoms with E-state index in [0.717, 1.165) is 11.1 Å². The normalized spacial score (nSPS) is 10.2. The summed E-state index contributed by atoms with van der Waals surface area (Å²) in [5.41, 5.74) is 2.23. The lowest BCUT2D eigenvalue weighted by atomic mass is 10.1. The Morgan fingerprint density at radius 2 is 1.84 bits per heavy atom. The van der Waals surface area contributed by atoms with Gasteiger partial charge in [0.15, 0.2) is 0 Å². The molecule has 2 aromatic rings. The number of methoxy groups -OCH3 is 1. The van der Waals surface area contributed by atoms with Crippen LogP contribution in [0.15, 0.2) is 36.4 Å². The molecule has 0 aliphatic carbocycles. The fraction of sp³-hybridized carbons (Fsp3) is 0.222. The number of anilines is 1. The van der Waals surface area contributed by atoms with Gasteiger partial charge in [-0.2, -0.15) is 0 Å². The third-order valence-corrected chi connectivity index (χ3v) is 4.09. The van der Waals surface area contributed by atoms with Gasteiger partial charge in [-0.25, -0.2) is 0 Å². The summed E-state index contributed by atoms with van der Waals surface area (Å²) in [5, 5.41) is 6.18. The first-order valence-corrected chi connectivity index (χ1v) is 8.34. The van der Waals surface area contributed by atoms with Gasteiger partial charge in [0.05, 0.1) is 12.8 Å². The van der Waals surface area contributed by atoms with Crippen molar-refractivity contribution in [2.75, 3.05) is 19.0 Å². The van der Waals surface area contributed by atoms with E-state index in [9.17, 15) is 9.59 Å². The van der Waals surface area contributed by atoms with Gasteiger partial charge < -0.3 is 15.4 Å². The SMILES string of the molecule is COc1ccc(C)cc1NC(=O)C(=O)NCCc1ccc(Cl)cc1Cl. The largest absolute Gasteiger partial charge is 0.495 e. The first kappa shape index (κ1) is 19.1. The van der Waals surface area contributed by atoms with Crippen molar-refractivity contribution in [3.05, 3.63) is 57.6 Å². The van der Waals surface area contributed by atoms with Crippen molar-refractivity contribution >= 4 is 40.7 Å². The van der Waals surface area contributed by atoms with Crippen LogP contribution in [0.3, 0.4) is 0 Å². The van der Waals surface area contributed by atoms with E-state index in [-0.39, 0.29) is 6.54 Å². The van der Waals surface area contributed by atoms with Gasteiger partial charge >= 0.3 is 11.8 Å². The third-order valence-electron chi connectivity index (χ3n) is 3.50. The first-order chi connectivity index (χ1) is 11.9. The second-order valence-electron chi connectivity index (χ2n) is 5.40. The zero-order valence-corrected chi connectivity index (χ0v) is 15.4. The number of amides is 2. The molecule has 2 rings (SSSR count). The lowest BCUT2D eigenvalue weighted by molar-refractivity contribution is -0.136. The molecule has 5 nitrogen and oxygen atoms in total. The zero-order chi connectivity index (χ0) is 18.4. The summed E-state index contributed by atoms with van der Waals surface area (Å²) in [6.45, 7) is 2.16. The molecule has 0 unspecified atom stereocenters. The molecule has 0 atom stereocenters. The standard InChI is InChI=1S/C18H18Cl2N2O3/c1-11-3-6-16(25-2)15(9-11)22-18(24)17(23)21-8-7-12-4-5-13(19)10-14(12)20/h3-6,9-10H,7-8H2,1-2H3,(H,21,23)(H,22,24). The van der Waals surface area contributed by atoms with Crippen molar-refractivity contribution < 1.29 is 14.3 Å². The van der Waals surface area contributed by atoms with Crippen LogP contribution in [0.5, 0.6) is 5.75 Å². The Bertz CT molecular complexity index is 794. The maximum absolute atomic E-state index is 12.0. The number of carbonyl (C=O) groups excluding carboxylic acids is 2. The average molecular weight is 381 g/mol. The first-order valence-electron chi connectivity index (χ1n) is 7.58. The van der Waals surface area contributed by atoms with Crippen LogP contribution in [0, 0.1) is 6.92 Å². The van der Waals surface area contributed by atoms with Gasteiger partial charge in [-0.15, -0.1) is 0 Å². The molecule has 0 saturated heterocycles. The van der Waals surface area contributed by atoms with Crippen molar-refractivity contribution in [3.8, 4) is 5.75 Å². The predicted molar refractivity (Wildman–Crippen MR) is 99.5 cm³/mol. The number of ether oxygens (including phenoxy) is 1. The summed E-state index contributed by atoms with van der Waals surface area (Å²) in [4.78, 5) is 24.0. The number of carbonyl (C=O) groups is 2. The van der Waals surface area contributed by atoms with Crippen LogP contribution in [-0.2, 0) is 16.0 Å². The lowest BCUT2D eigenvalue weighted by Crippen LogP contribution is -2.36. The second-order valence-corrected chi connectivity index (χ2v) is 6.24. The van der Waals surface area contributed by atoms with E-state index >= 15 is 0 Å². The maximum atomic E-state index is 12.0. The topological polar surface area (TPSA) is 67.4 Å². The van der Waals surface area contributed by atoms with E-state index in [1.807, 2.05) is 13.0 Å². The summed E-state index contributed by atoms with van der Waals surface area (Å²) in [6, 6.07) is 10.5.